The van der Waals surface area contributed by atoms with E-state index in [9.17, 15) is 9.90 Å². The molecule has 20 heavy (non-hydrogen) atoms. The molecule has 1 aliphatic rings. The van der Waals surface area contributed by atoms with Gasteiger partial charge in [0.05, 0.1) is 18.7 Å². The predicted molar refractivity (Wildman–Crippen MR) is 79.3 cm³/mol. The van der Waals surface area contributed by atoms with Crippen molar-refractivity contribution >= 4 is 6.09 Å². The molecule has 0 aromatic rings. The van der Waals surface area contributed by atoms with Crippen LogP contribution < -0.4 is 5.32 Å². The van der Waals surface area contributed by atoms with Crippen LogP contribution in [-0.2, 0) is 4.74 Å². The van der Waals surface area contributed by atoms with E-state index in [1.807, 2.05) is 32.6 Å². The number of likely N-dealkylation sites (tertiary alicyclic amines) is 1. The van der Waals surface area contributed by atoms with Gasteiger partial charge in [0.25, 0.3) is 0 Å². The molecule has 2 atom stereocenters. The number of allylic oxidation sites excluding steroid dienone is 1. The lowest BCUT2D eigenvalue weighted by Crippen LogP contribution is -2.40. The van der Waals surface area contributed by atoms with Crippen molar-refractivity contribution in [2.45, 2.75) is 51.8 Å². The molecule has 0 aromatic heterocycles. The number of alkyl carbamates (subject to hydrolysis) is 1. The van der Waals surface area contributed by atoms with E-state index in [0.717, 1.165) is 11.3 Å². The average Bonchev–Trinajstić information content (AvgIpc) is 2.67. The van der Waals surface area contributed by atoms with Gasteiger partial charge in [-0.3, -0.25) is 0 Å². The van der Waals surface area contributed by atoms with Gasteiger partial charge in [-0.25, -0.2) is 4.79 Å². The van der Waals surface area contributed by atoms with E-state index >= 15 is 0 Å². The van der Waals surface area contributed by atoms with Crippen LogP contribution in [0.15, 0.2) is 24.4 Å². The number of ether oxygens (including phenoxy) is 1. The highest BCUT2D eigenvalue weighted by Crippen LogP contribution is 2.25. The number of hydrogen-bond acceptors (Lipinski definition) is 4. The molecule has 0 radical (unpaired) electrons. The Balaban J connectivity index is 2.61. The van der Waals surface area contributed by atoms with E-state index in [1.165, 1.54) is 0 Å². The minimum absolute atomic E-state index is 0.0266. The van der Waals surface area contributed by atoms with Crippen LogP contribution in [0.3, 0.4) is 0 Å². The Hall–Kier alpha value is -1.49. The highest BCUT2D eigenvalue weighted by Gasteiger charge is 2.34. The standard InChI is InChI=1S/C15H26N2O3/c1-10(2)11(3)17-8-12(7-13(17)9-18)16-14(19)20-15(4,5)6/h12-13,18H,1,3,7-9H2,2,4-6H3,(H,16,19). The molecule has 0 saturated carbocycles. The number of amides is 1. The van der Waals surface area contributed by atoms with Crippen LogP contribution in [0.25, 0.3) is 0 Å². The molecule has 1 amide bonds. The van der Waals surface area contributed by atoms with Crippen molar-refractivity contribution in [1.29, 1.82) is 0 Å². The second-order valence-electron chi connectivity index (χ2n) is 6.29. The first kappa shape index (κ1) is 16.6. The number of hydrogen-bond donors (Lipinski definition) is 2. The van der Waals surface area contributed by atoms with E-state index in [1.54, 1.807) is 0 Å². The zero-order valence-corrected chi connectivity index (χ0v) is 12.9. The van der Waals surface area contributed by atoms with E-state index in [-0.39, 0.29) is 18.7 Å². The molecule has 0 bridgehead atoms. The summed E-state index contributed by atoms with van der Waals surface area (Å²) in [4.78, 5) is 13.8. The average molecular weight is 282 g/mol. The lowest BCUT2D eigenvalue weighted by Gasteiger charge is -2.27. The Kier molecular flexibility index (Phi) is 5.22. The summed E-state index contributed by atoms with van der Waals surface area (Å²) in [5.74, 6) is 0. The maximum Gasteiger partial charge on any atom is 0.407 e. The topological polar surface area (TPSA) is 61.8 Å². The molecule has 2 unspecified atom stereocenters. The van der Waals surface area contributed by atoms with Crippen LogP contribution in [0.2, 0.25) is 0 Å². The van der Waals surface area contributed by atoms with Crippen molar-refractivity contribution in [3.8, 4) is 0 Å². The fourth-order valence-electron chi connectivity index (χ4n) is 2.24. The van der Waals surface area contributed by atoms with Crippen molar-refractivity contribution in [1.82, 2.24) is 10.2 Å². The molecule has 1 saturated heterocycles. The van der Waals surface area contributed by atoms with E-state index in [2.05, 4.69) is 18.5 Å². The highest BCUT2D eigenvalue weighted by atomic mass is 16.6. The summed E-state index contributed by atoms with van der Waals surface area (Å²) in [6, 6.07) is -0.0998. The van der Waals surface area contributed by atoms with Gasteiger partial charge in [-0.05, 0) is 39.7 Å². The number of nitrogens with one attached hydrogen (secondary N) is 1. The number of aliphatic hydroxyl groups is 1. The van der Waals surface area contributed by atoms with Crippen molar-refractivity contribution in [2.24, 2.45) is 0 Å². The fourth-order valence-corrected chi connectivity index (χ4v) is 2.24. The Labute approximate surface area is 121 Å². The first-order valence-corrected chi connectivity index (χ1v) is 6.86. The van der Waals surface area contributed by atoms with Gasteiger partial charge in [0.1, 0.15) is 5.60 Å². The Morgan fingerprint density at radius 3 is 2.50 bits per heavy atom. The molecule has 5 heteroatoms. The van der Waals surface area contributed by atoms with Crippen LogP contribution in [0.4, 0.5) is 4.79 Å². The Morgan fingerprint density at radius 2 is 2.05 bits per heavy atom. The summed E-state index contributed by atoms with van der Waals surface area (Å²) in [6.45, 7) is 15.8. The third-order valence-electron chi connectivity index (χ3n) is 3.19. The molecule has 1 heterocycles. The van der Waals surface area contributed by atoms with Crippen LogP contribution in [-0.4, -0.2) is 46.9 Å². The molecule has 1 aliphatic heterocycles. The molecule has 1 fully saturated rings. The molecule has 114 valence electrons. The fraction of sp³-hybridized carbons (Fsp3) is 0.667. The molecule has 0 spiro atoms. The van der Waals surface area contributed by atoms with Crippen molar-refractivity contribution < 1.29 is 14.6 Å². The third kappa shape index (κ3) is 4.56. The maximum atomic E-state index is 11.8. The highest BCUT2D eigenvalue weighted by molar-refractivity contribution is 5.68. The largest absolute Gasteiger partial charge is 0.444 e. The molecular weight excluding hydrogens is 256 g/mol. The molecule has 2 N–H and O–H groups in total. The maximum absolute atomic E-state index is 11.8. The number of nitrogens with zero attached hydrogens (tertiary/aromatic N) is 1. The summed E-state index contributed by atoms with van der Waals surface area (Å²) in [5.41, 5.74) is 1.15. The smallest absolute Gasteiger partial charge is 0.407 e. The third-order valence-corrected chi connectivity index (χ3v) is 3.19. The van der Waals surface area contributed by atoms with Crippen LogP contribution in [0.1, 0.15) is 34.1 Å². The SMILES string of the molecule is C=C(C)C(=C)N1CC(NC(=O)OC(C)(C)C)CC1CO. The van der Waals surface area contributed by atoms with Crippen LogP contribution in [0.5, 0.6) is 0 Å². The first-order chi connectivity index (χ1) is 9.14. The van der Waals surface area contributed by atoms with Crippen LogP contribution in [0, 0.1) is 0 Å². The Bertz CT molecular complexity index is 398. The zero-order valence-electron chi connectivity index (χ0n) is 12.9. The molecule has 1 rings (SSSR count). The van der Waals surface area contributed by atoms with Gasteiger partial charge in [0, 0.05) is 12.2 Å². The van der Waals surface area contributed by atoms with Gasteiger partial charge in [-0.2, -0.15) is 0 Å². The normalized spacial score (nSPS) is 22.6. The van der Waals surface area contributed by atoms with Crippen LogP contribution >= 0.6 is 0 Å². The van der Waals surface area contributed by atoms with Gasteiger partial charge in [0.15, 0.2) is 0 Å². The van der Waals surface area contributed by atoms with E-state index in [0.29, 0.717) is 13.0 Å². The van der Waals surface area contributed by atoms with Crippen molar-refractivity contribution in [3.05, 3.63) is 24.4 Å². The van der Waals surface area contributed by atoms with E-state index < -0.39 is 11.7 Å². The minimum Gasteiger partial charge on any atom is -0.444 e. The van der Waals surface area contributed by atoms with Gasteiger partial charge in [-0.1, -0.05) is 13.2 Å². The number of carbonyl (C=O) groups excluding carboxylic acids is 1. The Morgan fingerprint density at radius 1 is 1.45 bits per heavy atom. The number of aliphatic hydroxyl groups excluding tert-OH is 1. The van der Waals surface area contributed by atoms with Gasteiger partial charge in [0.2, 0.25) is 0 Å². The predicted octanol–water partition coefficient (Wildman–Crippen LogP) is 2.04. The second-order valence-corrected chi connectivity index (χ2v) is 6.29. The van der Waals surface area contributed by atoms with Crippen molar-refractivity contribution in [3.63, 3.8) is 0 Å². The first-order valence-electron chi connectivity index (χ1n) is 6.86. The number of rotatable bonds is 4. The molecule has 0 aliphatic carbocycles. The number of carbonyl (C=O) groups is 1. The summed E-state index contributed by atoms with van der Waals surface area (Å²) in [6.07, 6.45) is 0.240. The monoisotopic (exact) mass is 282 g/mol. The summed E-state index contributed by atoms with van der Waals surface area (Å²) in [7, 11) is 0. The molecule has 0 aromatic carbocycles. The lowest BCUT2D eigenvalue weighted by atomic mass is 10.1. The quantitative estimate of drug-likeness (QED) is 0.775. The summed E-state index contributed by atoms with van der Waals surface area (Å²) >= 11 is 0. The van der Waals surface area contributed by atoms with Gasteiger partial charge in [-0.15, -0.1) is 0 Å². The minimum atomic E-state index is -0.514. The van der Waals surface area contributed by atoms with Gasteiger partial charge < -0.3 is 20.1 Å². The lowest BCUT2D eigenvalue weighted by molar-refractivity contribution is 0.0506. The molecule has 5 nitrogen and oxygen atoms in total. The van der Waals surface area contributed by atoms with Crippen molar-refractivity contribution in [2.75, 3.05) is 13.2 Å². The van der Waals surface area contributed by atoms with Gasteiger partial charge >= 0.3 is 6.09 Å². The zero-order chi connectivity index (χ0) is 15.5. The summed E-state index contributed by atoms with van der Waals surface area (Å²) in [5, 5.41) is 12.3. The molecular formula is C15H26N2O3. The summed E-state index contributed by atoms with van der Waals surface area (Å²) < 4.78 is 5.24. The van der Waals surface area contributed by atoms with E-state index in [4.69, 9.17) is 4.74 Å². The second kappa shape index (κ2) is 6.31.